The number of carboxylic acids is 1. The number of aromatic carboxylic acids is 1. The summed E-state index contributed by atoms with van der Waals surface area (Å²) >= 11 is 6.08. The third-order valence-electron chi connectivity index (χ3n) is 3.34. The molecule has 0 saturated carbocycles. The van der Waals surface area contributed by atoms with Crippen LogP contribution in [0.25, 0.3) is 11.3 Å². The van der Waals surface area contributed by atoms with Gasteiger partial charge in [0.1, 0.15) is 5.75 Å². The number of carboxylic acid groups (broad SMARTS) is 1. The molecule has 0 aliphatic carbocycles. The van der Waals surface area contributed by atoms with Crippen LogP contribution in [-0.4, -0.2) is 17.6 Å². The van der Waals surface area contributed by atoms with E-state index in [-0.39, 0.29) is 35.3 Å². The molecule has 1 aromatic carbocycles. The summed E-state index contributed by atoms with van der Waals surface area (Å²) < 4.78 is 5.80. The number of halogens is 1. The molecule has 0 aliphatic rings. The summed E-state index contributed by atoms with van der Waals surface area (Å²) in [6.45, 7) is 6.53. The second-order valence-electron chi connectivity index (χ2n) is 5.69. The second-order valence-corrected chi connectivity index (χ2v) is 6.13. The molecule has 6 heteroatoms. The molecule has 0 radical (unpaired) electrons. The molecule has 24 heavy (non-hydrogen) atoms. The Balaban J connectivity index is 0.00000288. The maximum absolute atomic E-state index is 11.3. The molecule has 0 aliphatic heterocycles. The van der Waals surface area contributed by atoms with Gasteiger partial charge in [-0.15, -0.1) is 0 Å². The van der Waals surface area contributed by atoms with E-state index in [1.807, 2.05) is 6.92 Å². The minimum Gasteiger partial charge on any atom is -0.543 e. The number of carbonyl (C=O) groups is 1. The van der Waals surface area contributed by atoms with Gasteiger partial charge in [0.15, 0.2) is 0 Å². The number of pyridine rings is 1. The van der Waals surface area contributed by atoms with Crippen LogP contribution in [0.3, 0.4) is 0 Å². The van der Waals surface area contributed by atoms with Crippen molar-refractivity contribution < 1.29 is 44.2 Å². The zero-order chi connectivity index (χ0) is 17.0. The van der Waals surface area contributed by atoms with Crippen molar-refractivity contribution in [1.29, 1.82) is 0 Å². The summed E-state index contributed by atoms with van der Waals surface area (Å²) in [5.41, 5.74) is 1.77. The van der Waals surface area contributed by atoms with Crippen molar-refractivity contribution in [2.75, 3.05) is 6.61 Å². The Labute approximate surface area is 169 Å². The number of aryl methyl sites for hydroxylation is 1. The minimum atomic E-state index is -1.28. The number of hydrogen-bond donors (Lipinski definition) is 0. The van der Waals surface area contributed by atoms with Crippen molar-refractivity contribution >= 4 is 17.6 Å². The predicted octanol–water partition coefficient (Wildman–Crippen LogP) is 0.367. The Bertz CT molecular complexity index is 719. The van der Waals surface area contributed by atoms with E-state index in [4.69, 9.17) is 16.3 Å². The fourth-order valence-corrected chi connectivity index (χ4v) is 2.36. The summed E-state index contributed by atoms with van der Waals surface area (Å²) in [6.07, 6.45) is 0.572. The average molecular weight is 356 g/mol. The van der Waals surface area contributed by atoms with Crippen LogP contribution in [0, 0.1) is 5.92 Å². The standard InChI is InChI=1S/C18H20ClNO3.Na/c1-4-12-5-7-15(20-17(12)18(21)22)14-9-13(19)6-8-16(14)23-10-11(2)3;/h5-9,11H,4,10H2,1-3H3,(H,21,22);/q;+1/p-1. The molecule has 0 atom stereocenters. The molecule has 0 spiro atoms. The van der Waals surface area contributed by atoms with E-state index in [9.17, 15) is 9.90 Å². The molecule has 1 heterocycles. The quantitative estimate of drug-likeness (QED) is 0.702. The molecule has 2 aromatic rings. The zero-order valence-electron chi connectivity index (χ0n) is 14.4. The maximum atomic E-state index is 11.3. The van der Waals surface area contributed by atoms with Gasteiger partial charge in [-0.25, -0.2) is 4.98 Å². The second kappa shape index (κ2) is 9.42. The van der Waals surface area contributed by atoms with Crippen molar-refractivity contribution in [2.24, 2.45) is 5.92 Å². The first-order valence-electron chi connectivity index (χ1n) is 7.56. The molecular formula is C18H19ClNNaO3. The zero-order valence-corrected chi connectivity index (χ0v) is 17.2. The van der Waals surface area contributed by atoms with Gasteiger partial charge in [-0.1, -0.05) is 38.4 Å². The Kier molecular flexibility index (Phi) is 8.23. The molecule has 0 N–H and O–H groups in total. The molecule has 4 nitrogen and oxygen atoms in total. The fourth-order valence-electron chi connectivity index (χ4n) is 2.18. The van der Waals surface area contributed by atoms with E-state index < -0.39 is 5.97 Å². The number of aromatic nitrogens is 1. The Morgan fingerprint density at radius 2 is 2.00 bits per heavy atom. The van der Waals surface area contributed by atoms with Gasteiger partial charge in [0.25, 0.3) is 0 Å². The van der Waals surface area contributed by atoms with Gasteiger partial charge < -0.3 is 14.6 Å². The van der Waals surface area contributed by atoms with Crippen LogP contribution in [0.1, 0.15) is 36.8 Å². The van der Waals surface area contributed by atoms with Gasteiger partial charge in [-0.05, 0) is 42.2 Å². The number of hydrogen-bond acceptors (Lipinski definition) is 4. The van der Waals surface area contributed by atoms with Crippen molar-refractivity contribution in [3.8, 4) is 17.0 Å². The fraction of sp³-hybridized carbons (Fsp3) is 0.333. The molecule has 0 unspecified atom stereocenters. The number of rotatable bonds is 6. The Hall–Kier alpha value is -1.07. The third-order valence-corrected chi connectivity index (χ3v) is 3.58. The smallest absolute Gasteiger partial charge is 0.543 e. The first-order chi connectivity index (χ1) is 10.9. The largest absolute Gasteiger partial charge is 1.00 e. The van der Waals surface area contributed by atoms with Gasteiger partial charge in [0, 0.05) is 10.6 Å². The van der Waals surface area contributed by atoms with Gasteiger partial charge >= 0.3 is 29.6 Å². The topological polar surface area (TPSA) is 62.2 Å². The summed E-state index contributed by atoms with van der Waals surface area (Å²) in [4.78, 5) is 15.5. The van der Waals surface area contributed by atoms with Gasteiger partial charge in [0.05, 0.1) is 24.0 Å². The molecule has 0 bridgehead atoms. The van der Waals surface area contributed by atoms with Crippen LogP contribution >= 0.6 is 11.6 Å². The Morgan fingerprint density at radius 1 is 1.29 bits per heavy atom. The summed E-state index contributed by atoms with van der Waals surface area (Å²) in [5, 5.41) is 11.8. The van der Waals surface area contributed by atoms with E-state index in [1.54, 1.807) is 30.3 Å². The van der Waals surface area contributed by atoms with E-state index in [2.05, 4.69) is 18.8 Å². The summed E-state index contributed by atoms with van der Waals surface area (Å²) in [6, 6.07) is 8.76. The van der Waals surface area contributed by atoms with Crippen molar-refractivity contribution in [1.82, 2.24) is 4.98 Å². The summed E-state index contributed by atoms with van der Waals surface area (Å²) in [7, 11) is 0. The molecular weight excluding hydrogens is 337 g/mol. The van der Waals surface area contributed by atoms with Crippen molar-refractivity contribution in [3.05, 3.63) is 46.6 Å². The van der Waals surface area contributed by atoms with E-state index in [1.165, 1.54) is 0 Å². The minimum absolute atomic E-state index is 0. The van der Waals surface area contributed by atoms with E-state index >= 15 is 0 Å². The predicted molar refractivity (Wildman–Crippen MR) is 88.7 cm³/mol. The van der Waals surface area contributed by atoms with Gasteiger partial charge in [0.2, 0.25) is 0 Å². The van der Waals surface area contributed by atoms with E-state index in [0.717, 1.165) is 0 Å². The molecule has 2 rings (SSSR count). The number of nitrogens with zero attached hydrogens (tertiary/aromatic N) is 1. The van der Waals surface area contributed by atoms with Crippen LogP contribution in [0.5, 0.6) is 5.75 Å². The number of carbonyl (C=O) groups excluding carboxylic acids is 1. The molecule has 0 amide bonds. The number of benzene rings is 1. The molecule has 122 valence electrons. The third kappa shape index (κ3) is 5.21. The SMILES string of the molecule is CCc1ccc(-c2cc(Cl)ccc2OCC(C)C)nc1C(=O)[O-].[Na+]. The van der Waals surface area contributed by atoms with Crippen LogP contribution in [0.2, 0.25) is 5.02 Å². The maximum Gasteiger partial charge on any atom is 1.00 e. The monoisotopic (exact) mass is 355 g/mol. The molecule has 0 fully saturated rings. The first kappa shape index (κ1) is 21.0. The van der Waals surface area contributed by atoms with Gasteiger partial charge in [-0.3, -0.25) is 0 Å². The van der Waals surface area contributed by atoms with Crippen LogP contribution in [-0.2, 0) is 6.42 Å². The van der Waals surface area contributed by atoms with Crippen LogP contribution < -0.4 is 39.4 Å². The summed E-state index contributed by atoms with van der Waals surface area (Å²) in [5.74, 6) is -0.285. The normalized spacial score (nSPS) is 10.4. The van der Waals surface area contributed by atoms with Crippen molar-refractivity contribution in [2.45, 2.75) is 27.2 Å². The van der Waals surface area contributed by atoms with E-state index in [0.29, 0.717) is 46.5 Å². The average Bonchev–Trinajstić information content (AvgIpc) is 2.52. The van der Waals surface area contributed by atoms with Crippen molar-refractivity contribution in [3.63, 3.8) is 0 Å². The van der Waals surface area contributed by atoms with Crippen LogP contribution in [0.4, 0.5) is 0 Å². The molecule has 1 aromatic heterocycles. The first-order valence-corrected chi connectivity index (χ1v) is 7.94. The molecule has 0 saturated heterocycles. The number of ether oxygens (including phenoxy) is 1. The Morgan fingerprint density at radius 3 is 2.58 bits per heavy atom. The van der Waals surface area contributed by atoms with Crippen LogP contribution in [0.15, 0.2) is 30.3 Å². The van der Waals surface area contributed by atoms with Gasteiger partial charge in [-0.2, -0.15) is 0 Å².